The average molecular weight is 1200 g/mol. The van der Waals surface area contributed by atoms with Crippen molar-refractivity contribution < 1.29 is 52.0 Å². The van der Waals surface area contributed by atoms with E-state index in [1.54, 1.807) is 43.1 Å². The Kier molecular flexibility index (Phi) is 20.7. The van der Waals surface area contributed by atoms with Gasteiger partial charge in [-0.15, -0.1) is 16.4 Å². The van der Waals surface area contributed by atoms with Gasteiger partial charge in [0.15, 0.2) is 5.67 Å². The third-order valence-corrected chi connectivity index (χ3v) is 17.4. The molecule has 0 bridgehead atoms. The second-order valence-corrected chi connectivity index (χ2v) is 24.5. The number of alkyl halides is 1. The smallest absolute Gasteiger partial charge is 0.258 e. The van der Waals surface area contributed by atoms with Gasteiger partial charge in [0.05, 0.1) is 74.6 Å². The van der Waals surface area contributed by atoms with Gasteiger partial charge in [-0.2, -0.15) is 0 Å². The molecule has 0 spiro atoms. The van der Waals surface area contributed by atoms with Crippen LogP contribution in [0.5, 0.6) is 11.5 Å². The lowest BCUT2D eigenvalue weighted by molar-refractivity contribution is -0.145. The number of likely N-dealkylation sites (tertiary alicyclic amines) is 1. The maximum Gasteiger partial charge on any atom is 0.258 e. The molecule has 17 nitrogen and oxygen atoms in total. The van der Waals surface area contributed by atoms with Gasteiger partial charge in [-0.1, -0.05) is 99.0 Å². The molecule has 4 aromatic carbocycles. The summed E-state index contributed by atoms with van der Waals surface area (Å²) >= 11 is 8.34. The first-order valence-electron chi connectivity index (χ1n) is 28.9. The van der Waals surface area contributed by atoms with E-state index < -0.39 is 47.0 Å². The summed E-state index contributed by atoms with van der Waals surface area (Å²) in [5.41, 5.74) is 5.63. The zero-order valence-electron chi connectivity index (χ0n) is 48.6. The number of hydrogen-bond donors (Lipinski definition) is 3. The first kappa shape index (κ1) is 62.0. The number of benzene rings is 4. The monoisotopic (exact) mass is 1190 g/mol. The molecule has 0 radical (unpaired) electrons. The predicted molar refractivity (Wildman–Crippen MR) is 317 cm³/mol. The second kappa shape index (κ2) is 28.1. The van der Waals surface area contributed by atoms with E-state index in [1.807, 2.05) is 74.6 Å². The highest BCUT2D eigenvalue weighted by Crippen LogP contribution is 2.45. The van der Waals surface area contributed by atoms with Crippen LogP contribution in [0.3, 0.4) is 0 Å². The molecule has 1 saturated heterocycles. The van der Waals surface area contributed by atoms with E-state index in [2.05, 4.69) is 49.0 Å². The molecule has 3 heterocycles. The standard InChI is InChI=1S/C63H77ClF2N8O9S/c1-42-11-10-12-46(55(42)64)36-72(40-62(21-8-9-22-62)51-13-6-7-14-52(51)65)48-17-19-50(20-18-48)82-26-25-73-37-47(70-71-73)39-81-30-29-79-27-28-80-31-32-83-54-33-44(56-43(2)68-41-84-56)15-16-45(54)35-67-58(76)53-34-49(75)38-74(53)59(77)57(61(3,4)5)69-60(78)63(66)23-24-63/h6-7,10-20,33,37,41,49,53,57,75H,8-9,21-32,34-36,38-40H2,1-5H3,(H,67,76)(H,69,78)/t49-,53+,57-/m1/s1. The maximum atomic E-state index is 15.4. The molecule has 21 heteroatoms. The van der Waals surface area contributed by atoms with E-state index in [-0.39, 0.29) is 63.4 Å². The van der Waals surface area contributed by atoms with Gasteiger partial charge in [0, 0.05) is 54.3 Å². The number of aliphatic hydroxyl groups excluding tert-OH is 1. The lowest BCUT2D eigenvalue weighted by Crippen LogP contribution is -2.59. The number of nitrogens with one attached hydrogen (secondary N) is 2. The number of ether oxygens (including phenoxy) is 5. The highest BCUT2D eigenvalue weighted by molar-refractivity contribution is 7.13. The first-order valence-corrected chi connectivity index (χ1v) is 30.2. The molecular formula is C63H77ClF2N8O9S. The molecule has 1 aliphatic heterocycles. The molecule has 450 valence electrons. The van der Waals surface area contributed by atoms with Crippen LogP contribution in [0.1, 0.15) is 99.4 Å². The summed E-state index contributed by atoms with van der Waals surface area (Å²) in [5.74, 6) is -0.781. The van der Waals surface area contributed by atoms with Crippen molar-refractivity contribution in [2.75, 3.05) is 64.2 Å². The number of β-amino-alcohol motifs (C(OH)–C–C–N with tert-alkyl or cyclic N) is 1. The topological polar surface area (TPSA) is 192 Å². The number of carbonyl (C=O) groups excluding carboxylic acids is 3. The van der Waals surface area contributed by atoms with Crippen molar-refractivity contribution in [3.63, 3.8) is 0 Å². The molecule has 3 atom stereocenters. The molecule has 3 fully saturated rings. The molecular weight excluding hydrogens is 1120 g/mol. The van der Waals surface area contributed by atoms with Crippen LogP contribution >= 0.6 is 22.9 Å². The van der Waals surface area contributed by atoms with Crippen LogP contribution in [-0.4, -0.2) is 131 Å². The van der Waals surface area contributed by atoms with Gasteiger partial charge in [-0.25, -0.2) is 18.4 Å². The van der Waals surface area contributed by atoms with E-state index in [0.717, 1.165) is 75.0 Å². The third kappa shape index (κ3) is 15.8. The minimum absolute atomic E-state index is 0.00865. The summed E-state index contributed by atoms with van der Waals surface area (Å²) < 4.78 is 61.5. The average Bonchev–Trinajstić information content (AvgIpc) is 2.53. The normalized spacial score (nSPS) is 17.5. The molecule has 2 aromatic heterocycles. The largest absolute Gasteiger partial charge is 0.492 e. The van der Waals surface area contributed by atoms with Gasteiger partial charge < -0.3 is 49.2 Å². The summed E-state index contributed by atoms with van der Waals surface area (Å²) in [6, 6.07) is 24.9. The van der Waals surface area contributed by atoms with Crippen LogP contribution in [0.15, 0.2) is 96.6 Å². The molecule has 2 saturated carbocycles. The maximum absolute atomic E-state index is 15.4. The summed E-state index contributed by atoms with van der Waals surface area (Å²) in [4.78, 5) is 49.4. The first-order chi connectivity index (χ1) is 40.4. The summed E-state index contributed by atoms with van der Waals surface area (Å²) in [7, 11) is 0. The van der Waals surface area contributed by atoms with Gasteiger partial charge in [0.1, 0.15) is 48.3 Å². The highest BCUT2D eigenvalue weighted by Gasteiger charge is 2.53. The minimum atomic E-state index is -1.98. The molecule has 3 aliphatic rings. The zero-order chi connectivity index (χ0) is 59.4. The van der Waals surface area contributed by atoms with Crippen LogP contribution in [0.2, 0.25) is 5.02 Å². The number of aryl methyl sites for hydroxylation is 2. The zero-order valence-corrected chi connectivity index (χ0v) is 50.1. The number of halogens is 3. The Labute approximate surface area is 499 Å². The van der Waals surface area contributed by atoms with E-state index in [0.29, 0.717) is 69.7 Å². The number of thiazole rings is 1. The lowest BCUT2D eigenvalue weighted by Gasteiger charge is -2.38. The number of carbonyl (C=O) groups is 3. The Bertz CT molecular complexity index is 3180. The Balaban J connectivity index is 0.681. The quantitative estimate of drug-likeness (QED) is 0.0377. The fourth-order valence-corrected chi connectivity index (χ4v) is 12.0. The van der Waals surface area contributed by atoms with Crippen molar-refractivity contribution in [1.82, 2.24) is 35.5 Å². The number of anilines is 1. The number of aromatic nitrogens is 4. The van der Waals surface area contributed by atoms with Crippen molar-refractivity contribution in [2.24, 2.45) is 5.41 Å². The lowest BCUT2D eigenvalue weighted by atomic mass is 9.78. The number of amides is 3. The van der Waals surface area contributed by atoms with Crippen molar-refractivity contribution in [3.05, 3.63) is 141 Å². The van der Waals surface area contributed by atoms with Crippen molar-refractivity contribution in [2.45, 2.75) is 135 Å². The SMILES string of the molecule is Cc1cccc(CN(CC2(c3ccccc3F)CCCC2)c2ccc(OCCn3cc(COCCOCCOCCOc4cc(-c5scnc5C)ccc4CNC(=O)[C@@H]4C[C@@H](O)CN4C(=O)[C@@H](NC(=O)C4(F)CC4)C(C)(C)C)nn3)cc2)c1Cl. The minimum Gasteiger partial charge on any atom is -0.492 e. The highest BCUT2D eigenvalue weighted by atomic mass is 35.5. The van der Waals surface area contributed by atoms with Crippen molar-refractivity contribution in [3.8, 4) is 21.9 Å². The Morgan fingerprint density at radius 3 is 2.31 bits per heavy atom. The fraction of sp³-hybridized carbons (Fsp3) is 0.492. The molecule has 84 heavy (non-hydrogen) atoms. The molecule has 2 aliphatic carbocycles. The van der Waals surface area contributed by atoms with Gasteiger partial charge in [-0.3, -0.25) is 14.4 Å². The Morgan fingerprint density at radius 2 is 1.61 bits per heavy atom. The van der Waals surface area contributed by atoms with Crippen molar-refractivity contribution in [1.29, 1.82) is 0 Å². The van der Waals surface area contributed by atoms with Crippen LogP contribution < -0.4 is 25.0 Å². The molecule has 3 N–H and O–H groups in total. The Morgan fingerprint density at radius 1 is 0.881 bits per heavy atom. The summed E-state index contributed by atoms with van der Waals surface area (Å²) in [6.45, 7) is 13.4. The number of rotatable bonds is 29. The van der Waals surface area contributed by atoms with E-state index in [1.165, 1.54) is 16.2 Å². The fourth-order valence-electron chi connectivity index (χ4n) is 11.0. The van der Waals surface area contributed by atoms with Crippen LogP contribution in [-0.2, 0) is 60.3 Å². The van der Waals surface area contributed by atoms with Crippen LogP contribution in [0, 0.1) is 25.1 Å². The van der Waals surface area contributed by atoms with Gasteiger partial charge in [0.2, 0.25) is 11.8 Å². The van der Waals surface area contributed by atoms with E-state index >= 15 is 4.39 Å². The number of nitrogens with zero attached hydrogens (tertiary/aromatic N) is 6. The van der Waals surface area contributed by atoms with E-state index in [4.69, 9.17) is 35.3 Å². The van der Waals surface area contributed by atoms with E-state index in [9.17, 15) is 23.9 Å². The number of hydrogen-bond acceptors (Lipinski definition) is 14. The van der Waals surface area contributed by atoms with Gasteiger partial charge in [-0.05, 0) is 104 Å². The second-order valence-electron chi connectivity index (χ2n) is 23.3. The molecule has 3 amide bonds. The summed E-state index contributed by atoms with van der Waals surface area (Å²) in [6.07, 6.45) is 5.02. The molecule has 6 aromatic rings. The van der Waals surface area contributed by atoms with Gasteiger partial charge >= 0.3 is 0 Å². The predicted octanol–water partition coefficient (Wildman–Crippen LogP) is 9.65. The number of aliphatic hydroxyl groups is 1. The molecule has 9 rings (SSSR count). The van der Waals surface area contributed by atoms with Crippen molar-refractivity contribution >= 4 is 46.3 Å². The van der Waals surface area contributed by atoms with Crippen LogP contribution in [0.25, 0.3) is 10.4 Å². The molecule has 0 unspecified atom stereocenters. The van der Waals surface area contributed by atoms with Gasteiger partial charge in [0.25, 0.3) is 5.91 Å². The third-order valence-electron chi connectivity index (χ3n) is 15.9. The summed E-state index contributed by atoms with van der Waals surface area (Å²) in [5, 5.41) is 25.4. The Hall–Kier alpha value is -6.55. The van der Waals surface area contributed by atoms with Crippen LogP contribution in [0.4, 0.5) is 14.5 Å².